The minimum Gasteiger partial charge on any atom is -0.497 e. The van der Waals surface area contributed by atoms with Gasteiger partial charge in [0.05, 0.1) is 25.0 Å². The number of para-hydroxylation sites is 2. The first-order chi connectivity index (χ1) is 16.1. The molecule has 0 saturated carbocycles. The number of nitrogens with zero attached hydrogens (tertiary/aromatic N) is 4. The summed E-state index contributed by atoms with van der Waals surface area (Å²) in [6, 6.07) is 19.9. The number of anilines is 2. The van der Waals surface area contributed by atoms with E-state index in [4.69, 9.17) is 4.74 Å². The van der Waals surface area contributed by atoms with Gasteiger partial charge in [-0.05, 0) is 48.5 Å². The predicted molar refractivity (Wildman–Crippen MR) is 128 cm³/mol. The van der Waals surface area contributed by atoms with Crippen LogP contribution < -0.4 is 14.5 Å². The number of hydrogen-bond acceptors (Lipinski definition) is 4. The van der Waals surface area contributed by atoms with E-state index in [1.807, 2.05) is 71.8 Å². The Morgan fingerprint density at radius 2 is 1.52 bits per heavy atom. The van der Waals surface area contributed by atoms with Crippen molar-refractivity contribution in [2.24, 2.45) is 0 Å². The van der Waals surface area contributed by atoms with Crippen LogP contribution in [0.5, 0.6) is 5.75 Å². The van der Waals surface area contributed by atoms with Crippen molar-refractivity contribution in [3.05, 3.63) is 72.6 Å². The molecule has 7 heteroatoms. The zero-order valence-electron chi connectivity index (χ0n) is 18.8. The predicted octanol–water partition coefficient (Wildman–Crippen LogP) is 3.46. The molecular formula is C26H28N4O3. The van der Waals surface area contributed by atoms with Crippen molar-refractivity contribution in [3.63, 3.8) is 0 Å². The largest absolute Gasteiger partial charge is 0.497 e. The molecule has 2 aliphatic heterocycles. The molecule has 3 heterocycles. The molecule has 0 unspecified atom stereocenters. The van der Waals surface area contributed by atoms with E-state index in [-0.39, 0.29) is 24.7 Å². The van der Waals surface area contributed by atoms with Crippen molar-refractivity contribution in [2.45, 2.75) is 19.4 Å². The van der Waals surface area contributed by atoms with E-state index < -0.39 is 0 Å². The van der Waals surface area contributed by atoms with Gasteiger partial charge in [0.2, 0.25) is 11.8 Å². The van der Waals surface area contributed by atoms with Crippen LogP contribution in [0.25, 0.3) is 5.69 Å². The van der Waals surface area contributed by atoms with Gasteiger partial charge < -0.3 is 24.0 Å². The summed E-state index contributed by atoms with van der Waals surface area (Å²) in [4.78, 5) is 31.9. The summed E-state index contributed by atoms with van der Waals surface area (Å²) in [5.41, 5.74) is 4.10. The van der Waals surface area contributed by atoms with Crippen LogP contribution in [0.15, 0.2) is 66.9 Å². The molecule has 1 fully saturated rings. The van der Waals surface area contributed by atoms with E-state index in [2.05, 4.69) is 9.47 Å². The molecule has 7 nitrogen and oxygen atoms in total. The van der Waals surface area contributed by atoms with Gasteiger partial charge in [0, 0.05) is 56.6 Å². The van der Waals surface area contributed by atoms with Gasteiger partial charge >= 0.3 is 0 Å². The molecule has 170 valence electrons. The number of carbonyl (C=O) groups excluding carboxylic acids is 2. The van der Waals surface area contributed by atoms with Crippen LogP contribution in [-0.4, -0.2) is 54.6 Å². The van der Waals surface area contributed by atoms with E-state index >= 15 is 0 Å². The average molecular weight is 445 g/mol. The smallest absolute Gasteiger partial charge is 0.227 e. The zero-order valence-corrected chi connectivity index (χ0v) is 18.8. The van der Waals surface area contributed by atoms with Gasteiger partial charge in [-0.2, -0.15) is 0 Å². The Hall–Kier alpha value is -3.74. The Morgan fingerprint density at radius 3 is 2.24 bits per heavy atom. The number of fused-ring (bicyclic) bond motifs is 3. The molecular weight excluding hydrogens is 416 g/mol. The number of hydrogen-bond donors (Lipinski definition) is 0. The Morgan fingerprint density at radius 1 is 0.818 bits per heavy atom. The molecule has 2 aromatic carbocycles. The maximum absolute atomic E-state index is 13.1. The van der Waals surface area contributed by atoms with E-state index in [1.165, 1.54) is 0 Å². The van der Waals surface area contributed by atoms with Gasteiger partial charge in [0.1, 0.15) is 5.75 Å². The monoisotopic (exact) mass is 444 g/mol. The van der Waals surface area contributed by atoms with Crippen molar-refractivity contribution in [1.29, 1.82) is 0 Å². The highest BCUT2D eigenvalue weighted by atomic mass is 16.5. The second-order valence-corrected chi connectivity index (χ2v) is 8.40. The summed E-state index contributed by atoms with van der Waals surface area (Å²) in [5.74, 6) is 0.869. The molecule has 2 amide bonds. The van der Waals surface area contributed by atoms with Crippen LogP contribution in [-0.2, 0) is 16.1 Å². The number of amides is 2. The third kappa shape index (κ3) is 4.18. The fraction of sp³-hybridized carbons (Fsp3) is 0.308. The summed E-state index contributed by atoms with van der Waals surface area (Å²) in [6.07, 6.45) is 2.47. The lowest BCUT2D eigenvalue weighted by Crippen LogP contribution is -2.49. The Balaban J connectivity index is 1.16. The second kappa shape index (κ2) is 9.02. The molecule has 0 bridgehead atoms. The highest BCUT2D eigenvalue weighted by molar-refractivity contribution is 5.97. The number of carbonyl (C=O) groups is 2. The number of ether oxygens (including phenoxy) is 1. The average Bonchev–Trinajstić information content (AvgIpc) is 3.36. The summed E-state index contributed by atoms with van der Waals surface area (Å²) in [5, 5.41) is 0. The molecule has 5 rings (SSSR count). The van der Waals surface area contributed by atoms with Crippen LogP contribution in [0.1, 0.15) is 18.5 Å². The zero-order chi connectivity index (χ0) is 22.8. The lowest BCUT2D eigenvalue weighted by Gasteiger charge is -2.36. The topological polar surface area (TPSA) is 58.0 Å². The Bertz CT molecular complexity index is 1150. The maximum Gasteiger partial charge on any atom is 0.227 e. The summed E-state index contributed by atoms with van der Waals surface area (Å²) < 4.78 is 7.34. The van der Waals surface area contributed by atoms with E-state index in [0.29, 0.717) is 19.6 Å². The molecule has 1 saturated heterocycles. The molecule has 0 atom stereocenters. The number of rotatable bonds is 5. The fourth-order valence-electron chi connectivity index (χ4n) is 4.66. The maximum atomic E-state index is 13.1. The van der Waals surface area contributed by atoms with Crippen LogP contribution in [0.2, 0.25) is 0 Å². The standard InChI is InChI=1S/C26H28N4O3/c1-33-22-10-8-20(9-11-22)27-15-17-28(18-16-27)25(31)12-13-26(32)30-19-21-5-4-14-29(21)23-6-2-3-7-24(23)30/h2-11,14H,12-13,15-19H2,1H3. The van der Waals surface area contributed by atoms with Gasteiger partial charge in [0.15, 0.2) is 0 Å². The number of aromatic nitrogens is 1. The van der Waals surface area contributed by atoms with Crippen molar-refractivity contribution < 1.29 is 14.3 Å². The molecule has 3 aromatic rings. The van der Waals surface area contributed by atoms with E-state index in [9.17, 15) is 9.59 Å². The normalized spacial score (nSPS) is 15.1. The minimum absolute atomic E-state index is 0.0138. The quantitative estimate of drug-likeness (QED) is 0.605. The fourth-order valence-corrected chi connectivity index (χ4v) is 4.66. The molecule has 0 aliphatic carbocycles. The van der Waals surface area contributed by atoms with E-state index in [1.54, 1.807) is 12.0 Å². The lowest BCUT2D eigenvalue weighted by atomic mass is 10.1. The Kier molecular flexibility index (Phi) is 5.77. The third-order valence-corrected chi connectivity index (χ3v) is 6.51. The SMILES string of the molecule is COc1ccc(N2CCN(C(=O)CCC(=O)N3Cc4cccn4-c4ccccc43)CC2)cc1. The van der Waals surface area contributed by atoms with Gasteiger partial charge in [-0.1, -0.05) is 12.1 Å². The second-order valence-electron chi connectivity index (χ2n) is 8.40. The first-order valence-electron chi connectivity index (χ1n) is 11.4. The molecule has 0 N–H and O–H groups in total. The van der Waals surface area contributed by atoms with Crippen molar-refractivity contribution in [2.75, 3.05) is 43.1 Å². The first-order valence-corrected chi connectivity index (χ1v) is 11.4. The van der Waals surface area contributed by atoms with Crippen LogP contribution in [0, 0.1) is 0 Å². The summed E-state index contributed by atoms with van der Waals surface area (Å²) in [6.45, 7) is 3.42. The number of piperazine rings is 1. The summed E-state index contributed by atoms with van der Waals surface area (Å²) in [7, 11) is 1.66. The first kappa shape index (κ1) is 21.1. The minimum atomic E-state index is -0.0138. The highest BCUT2D eigenvalue weighted by Gasteiger charge is 2.27. The van der Waals surface area contributed by atoms with Gasteiger partial charge in [-0.25, -0.2) is 0 Å². The molecule has 33 heavy (non-hydrogen) atoms. The number of benzene rings is 2. The van der Waals surface area contributed by atoms with Crippen molar-refractivity contribution in [3.8, 4) is 11.4 Å². The lowest BCUT2D eigenvalue weighted by molar-refractivity contribution is -0.133. The molecule has 1 aromatic heterocycles. The van der Waals surface area contributed by atoms with Gasteiger partial charge in [-0.3, -0.25) is 9.59 Å². The summed E-state index contributed by atoms with van der Waals surface area (Å²) >= 11 is 0. The van der Waals surface area contributed by atoms with Crippen molar-refractivity contribution >= 4 is 23.2 Å². The Labute approximate surface area is 193 Å². The van der Waals surface area contributed by atoms with Gasteiger partial charge in [0.25, 0.3) is 0 Å². The molecule has 0 radical (unpaired) electrons. The van der Waals surface area contributed by atoms with Crippen LogP contribution >= 0.6 is 0 Å². The molecule has 2 aliphatic rings. The number of methoxy groups -OCH3 is 1. The van der Waals surface area contributed by atoms with E-state index in [0.717, 1.165) is 41.6 Å². The highest BCUT2D eigenvalue weighted by Crippen LogP contribution is 2.32. The van der Waals surface area contributed by atoms with Crippen LogP contribution in [0.3, 0.4) is 0 Å². The van der Waals surface area contributed by atoms with Crippen LogP contribution in [0.4, 0.5) is 11.4 Å². The van der Waals surface area contributed by atoms with Crippen molar-refractivity contribution in [1.82, 2.24) is 9.47 Å². The van der Waals surface area contributed by atoms with Gasteiger partial charge in [-0.15, -0.1) is 0 Å². The third-order valence-electron chi connectivity index (χ3n) is 6.51. The molecule has 0 spiro atoms.